The lowest BCUT2D eigenvalue weighted by Gasteiger charge is -2.17. The van der Waals surface area contributed by atoms with E-state index in [1.165, 1.54) is 7.11 Å². The second-order valence-corrected chi connectivity index (χ2v) is 5.08. The summed E-state index contributed by atoms with van der Waals surface area (Å²) in [5.74, 6) is 0.414. The zero-order valence-corrected chi connectivity index (χ0v) is 12.9. The van der Waals surface area contributed by atoms with Gasteiger partial charge in [-0.25, -0.2) is 4.79 Å². The minimum atomic E-state index is -0.751. The third-order valence-electron chi connectivity index (χ3n) is 2.74. The Morgan fingerprint density at radius 3 is 2.81 bits per heavy atom. The van der Waals surface area contributed by atoms with Crippen molar-refractivity contribution in [3.8, 4) is 0 Å². The fraction of sp³-hybridized carbons (Fsp3) is 0.308. The highest BCUT2D eigenvalue weighted by Gasteiger charge is 2.24. The Balaban J connectivity index is 2.20. The van der Waals surface area contributed by atoms with Crippen LogP contribution in [0.2, 0.25) is 10.0 Å². The van der Waals surface area contributed by atoms with E-state index >= 15 is 0 Å². The van der Waals surface area contributed by atoms with Crippen LogP contribution >= 0.6 is 23.2 Å². The van der Waals surface area contributed by atoms with Crippen LogP contribution in [-0.4, -0.2) is 23.2 Å². The number of halogens is 2. The standard InChI is InChI=1S/C13H13Cl2N3O3/c1-7-17-11(18-21-7)6-16-12(13(19)20-2)9-4-3-8(14)5-10(9)15/h3-5,12,16H,6H2,1-2H3/t12-/m1/s1. The molecule has 0 unspecified atom stereocenters. The van der Waals surface area contributed by atoms with E-state index in [0.29, 0.717) is 27.3 Å². The first-order valence-electron chi connectivity index (χ1n) is 6.06. The molecule has 0 saturated carbocycles. The average Bonchev–Trinajstić information content (AvgIpc) is 2.86. The summed E-state index contributed by atoms with van der Waals surface area (Å²) in [5, 5.41) is 7.60. The molecule has 0 aliphatic carbocycles. The van der Waals surface area contributed by atoms with Crippen LogP contribution in [0.25, 0.3) is 0 Å². The average molecular weight is 330 g/mol. The van der Waals surface area contributed by atoms with Crippen LogP contribution < -0.4 is 5.32 Å². The number of nitrogens with zero attached hydrogens (tertiary/aromatic N) is 2. The van der Waals surface area contributed by atoms with Crippen molar-refractivity contribution in [3.05, 3.63) is 45.5 Å². The van der Waals surface area contributed by atoms with E-state index in [-0.39, 0.29) is 6.54 Å². The summed E-state index contributed by atoms with van der Waals surface area (Å²) in [4.78, 5) is 16.0. The maximum absolute atomic E-state index is 11.9. The van der Waals surface area contributed by atoms with Crippen molar-refractivity contribution < 1.29 is 14.1 Å². The number of benzene rings is 1. The molecule has 0 amide bonds. The number of aryl methyl sites for hydroxylation is 1. The van der Waals surface area contributed by atoms with E-state index in [4.69, 9.17) is 32.5 Å². The van der Waals surface area contributed by atoms with Crippen LogP contribution in [0, 0.1) is 6.92 Å². The van der Waals surface area contributed by atoms with Gasteiger partial charge >= 0.3 is 5.97 Å². The van der Waals surface area contributed by atoms with Gasteiger partial charge in [0, 0.05) is 17.0 Å². The molecule has 0 spiro atoms. The molecule has 0 bridgehead atoms. The van der Waals surface area contributed by atoms with Gasteiger partial charge in [0.15, 0.2) is 5.82 Å². The Morgan fingerprint density at radius 2 is 2.24 bits per heavy atom. The molecule has 0 aliphatic rings. The lowest BCUT2D eigenvalue weighted by Crippen LogP contribution is -2.30. The second-order valence-electron chi connectivity index (χ2n) is 4.23. The topological polar surface area (TPSA) is 77.2 Å². The zero-order valence-electron chi connectivity index (χ0n) is 11.4. The Kier molecular flexibility index (Phi) is 5.17. The molecule has 112 valence electrons. The summed E-state index contributed by atoms with van der Waals surface area (Å²) >= 11 is 12.0. The number of carbonyl (C=O) groups excluding carboxylic acids is 1. The van der Waals surface area contributed by atoms with Gasteiger partial charge in [0.2, 0.25) is 5.89 Å². The first kappa shape index (κ1) is 15.8. The minimum absolute atomic E-state index is 0.232. The number of nitrogens with one attached hydrogen (secondary N) is 1. The summed E-state index contributed by atoms with van der Waals surface area (Å²) in [5.41, 5.74) is 0.563. The fourth-order valence-electron chi connectivity index (χ4n) is 1.78. The Labute approximate surface area is 131 Å². The SMILES string of the molecule is COC(=O)[C@H](NCc1noc(C)n1)c1ccc(Cl)cc1Cl. The predicted octanol–water partition coefficient (Wildman–Crippen LogP) is 2.69. The van der Waals surface area contributed by atoms with Crippen molar-refractivity contribution in [2.75, 3.05) is 7.11 Å². The number of hydrogen-bond acceptors (Lipinski definition) is 6. The fourth-order valence-corrected chi connectivity index (χ4v) is 2.30. The molecule has 2 aromatic rings. The quantitative estimate of drug-likeness (QED) is 0.850. The van der Waals surface area contributed by atoms with Gasteiger partial charge in [-0.2, -0.15) is 4.98 Å². The Hall–Kier alpha value is -1.63. The van der Waals surface area contributed by atoms with Crippen LogP contribution in [-0.2, 0) is 16.1 Å². The lowest BCUT2D eigenvalue weighted by molar-refractivity contribution is -0.143. The molecule has 1 heterocycles. The maximum atomic E-state index is 11.9. The third kappa shape index (κ3) is 3.93. The van der Waals surface area contributed by atoms with Gasteiger partial charge in [-0.05, 0) is 17.7 Å². The van der Waals surface area contributed by atoms with E-state index in [1.54, 1.807) is 25.1 Å². The summed E-state index contributed by atoms with van der Waals surface area (Å²) in [6.07, 6.45) is 0. The number of hydrogen-bond donors (Lipinski definition) is 1. The summed E-state index contributed by atoms with van der Waals surface area (Å²) < 4.78 is 9.66. The van der Waals surface area contributed by atoms with Crippen LogP contribution in [0.15, 0.2) is 22.7 Å². The molecule has 6 nitrogen and oxygen atoms in total. The van der Waals surface area contributed by atoms with Crippen molar-refractivity contribution in [3.63, 3.8) is 0 Å². The maximum Gasteiger partial charge on any atom is 0.327 e. The Morgan fingerprint density at radius 1 is 1.48 bits per heavy atom. The van der Waals surface area contributed by atoms with E-state index in [2.05, 4.69) is 15.5 Å². The lowest BCUT2D eigenvalue weighted by atomic mass is 10.1. The van der Waals surface area contributed by atoms with Crippen LogP contribution in [0.1, 0.15) is 23.3 Å². The van der Waals surface area contributed by atoms with Gasteiger partial charge in [0.1, 0.15) is 6.04 Å². The smallest absolute Gasteiger partial charge is 0.327 e. The molecular weight excluding hydrogens is 317 g/mol. The molecule has 8 heteroatoms. The summed E-state index contributed by atoms with van der Waals surface area (Å²) in [7, 11) is 1.30. The molecule has 2 rings (SSSR count). The molecule has 1 atom stereocenters. The van der Waals surface area contributed by atoms with Gasteiger partial charge in [0.05, 0.1) is 13.7 Å². The molecule has 1 aromatic heterocycles. The van der Waals surface area contributed by atoms with Gasteiger partial charge in [0.25, 0.3) is 0 Å². The first-order chi connectivity index (χ1) is 10.0. The monoisotopic (exact) mass is 329 g/mol. The molecule has 0 fully saturated rings. The number of carbonyl (C=O) groups is 1. The highest BCUT2D eigenvalue weighted by Crippen LogP contribution is 2.27. The van der Waals surface area contributed by atoms with Crippen molar-refractivity contribution in [2.24, 2.45) is 0 Å². The van der Waals surface area contributed by atoms with Crippen molar-refractivity contribution >= 4 is 29.2 Å². The number of rotatable bonds is 5. The molecule has 1 aromatic carbocycles. The van der Waals surface area contributed by atoms with E-state index < -0.39 is 12.0 Å². The van der Waals surface area contributed by atoms with Crippen LogP contribution in [0.5, 0.6) is 0 Å². The number of methoxy groups -OCH3 is 1. The van der Waals surface area contributed by atoms with Gasteiger partial charge in [-0.1, -0.05) is 34.4 Å². The van der Waals surface area contributed by atoms with E-state index in [1.807, 2.05) is 0 Å². The van der Waals surface area contributed by atoms with Gasteiger partial charge in [-0.3, -0.25) is 5.32 Å². The minimum Gasteiger partial charge on any atom is -0.468 e. The molecule has 0 aliphatic heterocycles. The number of aromatic nitrogens is 2. The van der Waals surface area contributed by atoms with Crippen LogP contribution in [0.4, 0.5) is 0 Å². The van der Waals surface area contributed by atoms with Gasteiger partial charge < -0.3 is 9.26 Å². The number of ether oxygens (including phenoxy) is 1. The highest BCUT2D eigenvalue weighted by atomic mass is 35.5. The molecule has 1 N–H and O–H groups in total. The van der Waals surface area contributed by atoms with Crippen molar-refractivity contribution in [2.45, 2.75) is 19.5 Å². The highest BCUT2D eigenvalue weighted by molar-refractivity contribution is 6.35. The molecular formula is C13H13Cl2N3O3. The summed E-state index contributed by atoms with van der Waals surface area (Å²) in [6, 6.07) is 4.13. The first-order valence-corrected chi connectivity index (χ1v) is 6.82. The largest absolute Gasteiger partial charge is 0.468 e. The Bertz CT molecular complexity index is 645. The second kappa shape index (κ2) is 6.89. The molecule has 21 heavy (non-hydrogen) atoms. The molecule has 0 saturated heterocycles. The van der Waals surface area contributed by atoms with E-state index in [0.717, 1.165) is 0 Å². The van der Waals surface area contributed by atoms with Crippen molar-refractivity contribution in [1.29, 1.82) is 0 Å². The van der Waals surface area contributed by atoms with Crippen LogP contribution in [0.3, 0.4) is 0 Å². The zero-order chi connectivity index (χ0) is 15.4. The van der Waals surface area contributed by atoms with E-state index in [9.17, 15) is 4.79 Å². The molecule has 0 radical (unpaired) electrons. The van der Waals surface area contributed by atoms with Crippen molar-refractivity contribution in [1.82, 2.24) is 15.5 Å². The third-order valence-corrected chi connectivity index (χ3v) is 3.31. The predicted molar refractivity (Wildman–Crippen MR) is 77.1 cm³/mol. The summed E-state index contributed by atoms with van der Waals surface area (Å²) in [6.45, 7) is 1.92. The van der Waals surface area contributed by atoms with Gasteiger partial charge in [-0.15, -0.1) is 0 Å². The normalized spacial score (nSPS) is 12.2. The number of esters is 1.